The monoisotopic (exact) mass is 678 g/mol. The summed E-state index contributed by atoms with van der Waals surface area (Å²) < 4.78 is 66.9. The maximum Gasteiger partial charge on any atom is 0.416 e. The van der Waals surface area contributed by atoms with Crippen molar-refractivity contribution in [1.82, 2.24) is 20.1 Å². The second kappa shape index (κ2) is 14.0. The number of amides is 1. The maximum atomic E-state index is 14.4. The van der Waals surface area contributed by atoms with Gasteiger partial charge in [0.1, 0.15) is 0 Å². The number of alkyl halides is 3. The van der Waals surface area contributed by atoms with Crippen molar-refractivity contribution in [3.8, 4) is 11.3 Å². The number of benzene rings is 3. The lowest BCUT2D eigenvalue weighted by atomic mass is 9.93. The summed E-state index contributed by atoms with van der Waals surface area (Å²) in [5, 5.41) is 3.54. The lowest BCUT2D eigenvalue weighted by Crippen LogP contribution is -2.46. The van der Waals surface area contributed by atoms with Gasteiger partial charge in [-0.1, -0.05) is 55.0 Å². The number of sulfone groups is 1. The summed E-state index contributed by atoms with van der Waals surface area (Å²) in [6, 6.07) is 19.0. The molecule has 1 atom stereocenters. The summed E-state index contributed by atoms with van der Waals surface area (Å²) in [6.07, 6.45) is 2.11. The number of hydrogen-bond acceptors (Lipinski definition) is 6. The summed E-state index contributed by atoms with van der Waals surface area (Å²) in [4.78, 5) is 24.1. The average Bonchev–Trinajstić information content (AvgIpc) is 3.08. The molecule has 6 rings (SSSR count). The van der Waals surface area contributed by atoms with E-state index in [1.54, 1.807) is 12.1 Å². The van der Waals surface area contributed by atoms with Crippen molar-refractivity contribution in [1.29, 1.82) is 0 Å². The zero-order valence-corrected chi connectivity index (χ0v) is 28.1. The molecule has 2 aliphatic heterocycles. The fourth-order valence-electron chi connectivity index (χ4n) is 7.05. The molecule has 0 spiro atoms. The Balaban J connectivity index is 1.48. The molecule has 2 fully saturated rings. The van der Waals surface area contributed by atoms with Gasteiger partial charge in [0.2, 0.25) is 0 Å². The first-order valence-electron chi connectivity index (χ1n) is 16.5. The van der Waals surface area contributed by atoms with Gasteiger partial charge in [-0.2, -0.15) is 13.2 Å². The van der Waals surface area contributed by atoms with Crippen LogP contribution in [0, 0.1) is 0 Å². The molecule has 4 aromatic rings. The Morgan fingerprint density at radius 2 is 1.65 bits per heavy atom. The highest BCUT2D eigenvalue weighted by atomic mass is 32.2. The van der Waals surface area contributed by atoms with Gasteiger partial charge in [-0.05, 0) is 88.6 Å². The largest absolute Gasteiger partial charge is 0.416 e. The van der Waals surface area contributed by atoms with Gasteiger partial charge >= 0.3 is 6.18 Å². The van der Waals surface area contributed by atoms with Crippen LogP contribution in [0.5, 0.6) is 0 Å². The lowest BCUT2D eigenvalue weighted by molar-refractivity contribution is -0.137. The number of pyridine rings is 1. The zero-order valence-electron chi connectivity index (χ0n) is 27.3. The number of fused-ring (bicyclic) bond motifs is 1. The zero-order chi connectivity index (χ0) is 34.1. The number of likely N-dealkylation sites (tertiary alicyclic amines) is 2. The molecular formula is C37H41F3N4O3S. The molecule has 1 amide bonds. The van der Waals surface area contributed by atoms with E-state index in [4.69, 9.17) is 4.98 Å². The molecule has 0 bridgehead atoms. The van der Waals surface area contributed by atoms with Crippen LogP contribution in [0.2, 0.25) is 0 Å². The van der Waals surface area contributed by atoms with E-state index in [1.807, 2.05) is 37.3 Å². The van der Waals surface area contributed by atoms with E-state index in [1.165, 1.54) is 37.5 Å². The number of nitrogens with one attached hydrogen (secondary N) is 1. The molecule has 254 valence electrons. The topological polar surface area (TPSA) is 82.6 Å². The van der Waals surface area contributed by atoms with Gasteiger partial charge in [0, 0.05) is 35.4 Å². The van der Waals surface area contributed by atoms with E-state index in [0.29, 0.717) is 23.5 Å². The minimum absolute atomic E-state index is 0.00837. The van der Waals surface area contributed by atoms with Crippen molar-refractivity contribution in [3.05, 3.63) is 95.1 Å². The molecule has 0 radical (unpaired) electrons. The molecule has 2 saturated heterocycles. The van der Waals surface area contributed by atoms with E-state index in [9.17, 15) is 26.4 Å². The first-order chi connectivity index (χ1) is 22.9. The van der Waals surface area contributed by atoms with Crippen LogP contribution >= 0.6 is 0 Å². The van der Waals surface area contributed by atoms with Crippen LogP contribution in [0.1, 0.15) is 72.1 Å². The average molecular weight is 679 g/mol. The molecule has 0 aliphatic carbocycles. The van der Waals surface area contributed by atoms with E-state index in [0.717, 1.165) is 63.0 Å². The van der Waals surface area contributed by atoms with Gasteiger partial charge in [0.15, 0.2) is 9.84 Å². The third-order valence-electron chi connectivity index (χ3n) is 9.67. The van der Waals surface area contributed by atoms with Crippen LogP contribution in [-0.4, -0.2) is 67.6 Å². The molecule has 1 aromatic heterocycles. The van der Waals surface area contributed by atoms with Crippen LogP contribution in [0.25, 0.3) is 22.2 Å². The summed E-state index contributed by atoms with van der Waals surface area (Å²) >= 11 is 0. The highest BCUT2D eigenvalue weighted by molar-refractivity contribution is 7.90. The summed E-state index contributed by atoms with van der Waals surface area (Å²) in [5.74, 6) is -0.405. The number of aromatic nitrogens is 1. The second-order valence-corrected chi connectivity index (χ2v) is 15.1. The Hall–Kier alpha value is -3.80. The standard InChI is InChI=1S/C37H41F3N4O3S/c1-25(26-10-5-3-6-11-26)41-36(45)34-31-15-14-30(48(2,46)47)23-33(31)42-35(27-12-9-13-28(22-27)37(38,39)40)32(34)24-43-20-16-29(17-21-43)44-18-7-4-8-19-44/h3,5-6,9-15,22-23,25,29H,4,7-8,16-21,24H2,1-2H3,(H,41,45). The smallest absolute Gasteiger partial charge is 0.345 e. The fraction of sp³-hybridized carbons (Fsp3) is 0.405. The van der Waals surface area contributed by atoms with E-state index in [2.05, 4.69) is 15.1 Å². The molecule has 11 heteroatoms. The molecule has 3 heterocycles. The van der Waals surface area contributed by atoms with Crippen LogP contribution in [0.3, 0.4) is 0 Å². The van der Waals surface area contributed by atoms with Crippen molar-refractivity contribution in [2.75, 3.05) is 32.4 Å². The molecule has 2 aliphatic rings. The molecular weight excluding hydrogens is 637 g/mol. The Bertz CT molecular complexity index is 1890. The summed E-state index contributed by atoms with van der Waals surface area (Å²) in [5.41, 5.74) is 1.52. The minimum Gasteiger partial charge on any atom is -0.345 e. The number of carbonyl (C=O) groups excluding carboxylic acids is 1. The molecule has 0 saturated carbocycles. The first-order valence-corrected chi connectivity index (χ1v) is 18.4. The van der Waals surface area contributed by atoms with Gasteiger partial charge in [0.25, 0.3) is 5.91 Å². The lowest BCUT2D eigenvalue weighted by Gasteiger charge is -2.40. The number of hydrogen-bond donors (Lipinski definition) is 1. The molecule has 1 unspecified atom stereocenters. The maximum absolute atomic E-state index is 14.4. The second-order valence-electron chi connectivity index (χ2n) is 13.1. The van der Waals surface area contributed by atoms with Crippen molar-refractivity contribution in [2.45, 2.75) is 68.7 Å². The van der Waals surface area contributed by atoms with Crippen LogP contribution in [-0.2, 0) is 22.6 Å². The van der Waals surface area contributed by atoms with Crippen LogP contribution < -0.4 is 5.32 Å². The summed E-state index contributed by atoms with van der Waals surface area (Å²) in [7, 11) is -3.63. The number of nitrogens with zero attached hydrogens (tertiary/aromatic N) is 3. The first kappa shape index (κ1) is 34.1. The Morgan fingerprint density at radius 3 is 2.31 bits per heavy atom. The van der Waals surface area contributed by atoms with E-state index < -0.39 is 27.5 Å². The van der Waals surface area contributed by atoms with Crippen molar-refractivity contribution < 1.29 is 26.4 Å². The van der Waals surface area contributed by atoms with Gasteiger partial charge in [0.05, 0.1) is 33.3 Å². The Kier molecular flexibility index (Phi) is 9.92. The van der Waals surface area contributed by atoms with Gasteiger partial charge < -0.3 is 10.2 Å². The van der Waals surface area contributed by atoms with Crippen molar-refractivity contribution in [3.63, 3.8) is 0 Å². The number of piperidine rings is 2. The van der Waals surface area contributed by atoms with Crippen molar-refractivity contribution >= 4 is 26.6 Å². The van der Waals surface area contributed by atoms with E-state index >= 15 is 0 Å². The number of carbonyl (C=O) groups is 1. The number of rotatable bonds is 8. The summed E-state index contributed by atoms with van der Waals surface area (Å²) in [6.45, 7) is 5.94. The third-order valence-corrected chi connectivity index (χ3v) is 10.8. The molecule has 1 N–H and O–H groups in total. The molecule has 3 aromatic carbocycles. The highest BCUT2D eigenvalue weighted by Crippen LogP contribution is 2.37. The van der Waals surface area contributed by atoms with Crippen LogP contribution in [0.4, 0.5) is 13.2 Å². The SMILES string of the molecule is CC(NC(=O)c1c(CN2CCC(N3CCCCC3)CC2)c(-c2cccc(C(F)(F)F)c2)nc2cc(S(C)(=O)=O)ccc12)c1ccccc1. The van der Waals surface area contributed by atoms with E-state index in [-0.39, 0.29) is 33.3 Å². The minimum atomic E-state index is -4.59. The Morgan fingerprint density at radius 1 is 0.938 bits per heavy atom. The molecule has 7 nitrogen and oxygen atoms in total. The predicted octanol–water partition coefficient (Wildman–Crippen LogP) is 7.27. The Labute approximate surface area is 280 Å². The quantitative estimate of drug-likeness (QED) is 0.211. The molecule has 48 heavy (non-hydrogen) atoms. The number of halogens is 3. The fourth-order valence-corrected chi connectivity index (χ4v) is 7.69. The van der Waals surface area contributed by atoms with Crippen LogP contribution in [0.15, 0.2) is 77.7 Å². The van der Waals surface area contributed by atoms with Crippen molar-refractivity contribution in [2.24, 2.45) is 0 Å². The third kappa shape index (κ3) is 7.58. The highest BCUT2D eigenvalue weighted by Gasteiger charge is 2.32. The predicted molar refractivity (Wildman–Crippen MR) is 181 cm³/mol. The van der Waals surface area contributed by atoms with Gasteiger partial charge in [-0.25, -0.2) is 13.4 Å². The van der Waals surface area contributed by atoms with Gasteiger partial charge in [-0.3, -0.25) is 9.69 Å². The normalized spacial score (nSPS) is 17.8. The van der Waals surface area contributed by atoms with Gasteiger partial charge in [-0.15, -0.1) is 0 Å².